The van der Waals surface area contributed by atoms with Crippen LogP contribution >= 0.6 is 0 Å². The Labute approximate surface area is 113 Å². The van der Waals surface area contributed by atoms with Gasteiger partial charge in [-0.05, 0) is 37.3 Å². The first-order chi connectivity index (χ1) is 9.13. The molecular weight excluding hydrogens is 238 g/mol. The maximum atomic E-state index is 12.3. The maximum absolute atomic E-state index is 12.3. The summed E-state index contributed by atoms with van der Waals surface area (Å²) in [6.07, 6.45) is 2.18. The number of likely N-dealkylation sites (tertiary alicyclic amines) is 1. The molecule has 1 fully saturated rings. The fourth-order valence-corrected chi connectivity index (χ4v) is 2.54. The summed E-state index contributed by atoms with van der Waals surface area (Å²) in [4.78, 5) is 13.9. The molecule has 4 heteroatoms. The highest BCUT2D eigenvalue weighted by molar-refractivity contribution is 5.83. The number of carbonyl (C=O) groups is 1. The first kappa shape index (κ1) is 13.6. The van der Waals surface area contributed by atoms with E-state index in [0.717, 1.165) is 24.0 Å². The van der Waals surface area contributed by atoms with Gasteiger partial charge in [0, 0.05) is 6.54 Å². The SMILES string of the molecule is Cc1ccccc1C[C@H](N)C(=O)N1CCC[C@H]1C#N. The number of benzene rings is 1. The van der Waals surface area contributed by atoms with E-state index in [9.17, 15) is 4.79 Å². The van der Waals surface area contributed by atoms with Crippen LogP contribution in [0.5, 0.6) is 0 Å². The molecule has 100 valence electrons. The molecule has 0 radical (unpaired) electrons. The highest BCUT2D eigenvalue weighted by Crippen LogP contribution is 2.18. The maximum Gasteiger partial charge on any atom is 0.240 e. The molecule has 0 unspecified atom stereocenters. The summed E-state index contributed by atoms with van der Waals surface area (Å²) in [7, 11) is 0. The summed E-state index contributed by atoms with van der Waals surface area (Å²) in [5.41, 5.74) is 8.25. The van der Waals surface area contributed by atoms with E-state index in [1.54, 1.807) is 4.90 Å². The third-order valence-electron chi connectivity index (χ3n) is 3.70. The molecule has 4 nitrogen and oxygen atoms in total. The third kappa shape index (κ3) is 2.94. The van der Waals surface area contributed by atoms with E-state index in [2.05, 4.69) is 6.07 Å². The Bertz CT molecular complexity index is 506. The van der Waals surface area contributed by atoms with Gasteiger partial charge in [-0.2, -0.15) is 5.26 Å². The summed E-state index contributed by atoms with van der Waals surface area (Å²) in [6, 6.07) is 9.25. The fourth-order valence-electron chi connectivity index (χ4n) is 2.54. The lowest BCUT2D eigenvalue weighted by molar-refractivity contribution is -0.132. The van der Waals surface area contributed by atoms with Crippen LogP contribution in [0.3, 0.4) is 0 Å². The van der Waals surface area contributed by atoms with E-state index in [1.807, 2.05) is 31.2 Å². The molecule has 2 N–H and O–H groups in total. The number of nitriles is 1. The van der Waals surface area contributed by atoms with Gasteiger partial charge in [-0.1, -0.05) is 24.3 Å². The van der Waals surface area contributed by atoms with Gasteiger partial charge in [0.1, 0.15) is 6.04 Å². The molecule has 1 amide bonds. The topological polar surface area (TPSA) is 70.1 Å². The largest absolute Gasteiger partial charge is 0.325 e. The van der Waals surface area contributed by atoms with Crippen LogP contribution in [0.4, 0.5) is 0 Å². The number of nitrogens with two attached hydrogens (primary N) is 1. The number of aryl methyl sites for hydroxylation is 1. The zero-order valence-corrected chi connectivity index (χ0v) is 11.2. The number of nitrogens with zero attached hydrogens (tertiary/aromatic N) is 2. The van der Waals surface area contributed by atoms with Gasteiger partial charge in [0.15, 0.2) is 0 Å². The van der Waals surface area contributed by atoms with Gasteiger partial charge in [-0.3, -0.25) is 4.79 Å². The first-order valence-electron chi connectivity index (χ1n) is 6.63. The van der Waals surface area contributed by atoms with Gasteiger partial charge in [0.25, 0.3) is 0 Å². The highest BCUT2D eigenvalue weighted by Gasteiger charge is 2.31. The molecule has 1 aromatic carbocycles. The minimum atomic E-state index is -0.560. The predicted octanol–water partition coefficient (Wildman–Crippen LogP) is 1.38. The van der Waals surface area contributed by atoms with E-state index in [4.69, 9.17) is 11.0 Å². The van der Waals surface area contributed by atoms with Crippen molar-refractivity contribution in [1.29, 1.82) is 5.26 Å². The third-order valence-corrected chi connectivity index (χ3v) is 3.70. The van der Waals surface area contributed by atoms with Crippen LogP contribution in [0, 0.1) is 18.3 Å². The summed E-state index contributed by atoms with van der Waals surface area (Å²) in [5, 5.41) is 9.02. The van der Waals surface area contributed by atoms with Crippen LogP contribution in [-0.2, 0) is 11.2 Å². The molecule has 1 aliphatic heterocycles. The molecule has 0 bridgehead atoms. The zero-order valence-electron chi connectivity index (χ0n) is 11.2. The van der Waals surface area contributed by atoms with Crippen molar-refractivity contribution in [3.8, 4) is 6.07 Å². The lowest BCUT2D eigenvalue weighted by Gasteiger charge is -2.23. The number of rotatable bonds is 3. The molecular formula is C15H19N3O. The van der Waals surface area contributed by atoms with Crippen LogP contribution in [0.1, 0.15) is 24.0 Å². The van der Waals surface area contributed by atoms with Crippen molar-refractivity contribution in [2.24, 2.45) is 5.73 Å². The van der Waals surface area contributed by atoms with Crippen LogP contribution in [0.15, 0.2) is 24.3 Å². The Balaban J connectivity index is 2.04. The molecule has 2 rings (SSSR count). The minimum Gasteiger partial charge on any atom is -0.325 e. The quantitative estimate of drug-likeness (QED) is 0.889. The molecule has 19 heavy (non-hydrogen) atoms. The van der Waals surface area contributed by atoms with Crippen LogP contribution in [0.25, 0.3) is 0 Å². The number of carbonyl (C=O) groups excluding carboxylic acids is 1. The van der Waals surface area contributed by atoms with Crippen LogP contribution < -0.4 is 5.73 Å². The lowest BCUT2D eigenvalue weighted by atomic mass is 10.0. The molecule has 1 aliphatic rings. The average molecular weight is 257 g/mol. The van der Waals surface area contributed by atoms with E-state index >= 15 is 0 Å². The van der Waals surface area contributed by atoms with Gasteiger partial charge in [-0.25, -0.2) is 0 Å². The van der Waals surface area contributed by atoms with Crippen LogP contribution in [-0.4, -0.2) is 29.4 Å². The summed E-state index contributed by atoms with van der Waals surface area (Å²) in [5.74, 6) is -0.104. The molecule has 1 heterocycles. The standard InChI is InChI=1S/C15H19N3O/c1-11-5-2-3-6-12(11)9-14(17)15(19)18-8-4-7-13(18)10-16/h2-3,5-6,13-14H,4,7-9,17H2,1H3/t13-,14-/m0/s1. The Morgan fingerprint density at radius 1 is 1.58 bits per heavy atom. The molecule has 0 aromatic heterocycles. The van der Waals surface area contributed by atoms with Gasteiger partial charge < -0.3 is 10.6 Å². The van der Waals surface area contributed by atoms with E-state index in [-0.39, 0.29) is 11.9 Å². The monoisotopic (exact) mass is 257 g/mol. The summed E-state index contributed by atoms with van der Waals surface area (Å²) >= 11 is 0. The lowest BCUT2D eigenvalue weighted by Crippen LogP contribution is -2.46. The van der Waals surface area contributed by atoms with Crippen LogP contribution in [0.2, 0.25) is 0 Å². The first-order valence-corrected chi connectivity index (χ1v) is 6.63. The minimum absolute atomic E-state index is 0.104. The molecule has 2 atom stereocenters. The molecule has 1 aromatic rings. The van der Waals surface area contributed by atoms with Gasteiger partial charge in [0.05, 0.1) is 12.1 Å². The van der Waals surface area contributed by atoms with Gasteiger partial charge in [0.2, 0.25) is 5.91 Å². The van der Waals surface area contributed by atoms with Crippen molar-refractivity contribution in [2.75, 3.05) is 6.54 Å². The molecule has 0 spiro atoms. The van der Waals surface area contributed by atoms with Crippen molar-refractivity contribution in [2.45, 2.75) is 38.3 Å². The van der Waals surface area contributed by atoms with Crippen molar-refractivity contribution in [3.63, 3.8) is 0 Å². The van der Waals surface area contributed by atoms with Crippen molar-refractivity contribution in [1.82, 2.24) is 4.90 Å². The second kappa shape index (κ2) is 5.85. The Morgan fingerprint density at radius 3 is 3.00 bits per heavy atom. The van der Waals surface area contributed by atoms with E-state index < -0.39 is 6.04 Å². The molecule has 0 saturated carbocycles. The second-order valence-electron chi connectivity index (χ2n) is 5.06. The van der Waals surface area contributed by atoms with E-state index in [0.29, 0.717) is 13.0 Å². The highest BCUT2D eigenvalue weighted by atomic mass is 16.2. The van der Waals surface area contributed by atoms with Crippen molar-refractivity contribution >= 4 is 5.91 Å². The Kier molecular flexibility index (Phi) is 4.18. The second-order valence-corrected chi connectivity index (χ2v) is 5.06. The predicted molar refractivity (Wildman–Crippen MR) is 73.2 cm³/mol. The smallest absolute Gasteiger partial charge is 0.240 e. The summed E-state index contributed by atoms with van der Waals surface area (Å²) < 4.78 is 0. The average Bonchev–Trinajstić information content (AvgIpc) is 2.88. The fraction of sp³-hybridized carbons (Fsp3) is 0.467. The number of amides is 1. The number of hydrogen-bond acceptors (Lipinski definition) is 3. The molecule has 0 aliphatic carbocycles. The van der Waals surface area contributed by atoms with Crippen molar-refractivity contribution < 1.29 is 4.79 Å². The normalized spacial score (nSPS) is 20.1. The van der Waals surface area contributed by atoms with Gasteiger partial charge >= 0.3 is 0 Å². The zero-order chi connectivity index (χ0) is 13.8. The van der Waals surface area contributed by atoms with Gasteiger partial charge in [-0.15, -0.1) is 0 Å². The Morgan fingerprint density at radius 2 is 2.32 bits per heavy atom. The van der Waals surface area contributed by atoms with E-state index in [1.165, 1.54) is 0 Å². The summed E-state index contributed by atoms with van der Waals surface area (Å²) in [6.45, 7) is 2.67. The molecule has 1 saturated heterocycles. The Hall–Kier alpha value is -1.86. The number of hydrogen-bond donors (Lipinski definition) is 1. The van der Waals surface area contributed by atoms with Crippen molar-refractivity contribution in [3.05, 3.63) is 35.4 Å².